The molecule has 0 aromatic carbocycles. The van der Waals surface area contributed by atoms with Crippen molar-refractivity contribution in [1.82, 2.24) is 0 Å². The molecule has 0 aliphatic heterocycles. The summed E-state index contributed by atoms with van der Waals surface area (Å²) in [4.78, 5) is 0. The van der Waals surface area contributed by atoms with Gasteiger partial charge in [-0.3, -0.25) is 0 Å². The molecule has 7 heteroatoms. The zero-order valence-corrected chi connectivity index (χ0v) is 8.67. The van der Waals surface area contributed by atoms with Crippen molar-refractivity contribution < 1.29 is 8.42 Å². The maximum Gasteiger partial charge on any atom is 0.204 e. The number of rotatable bonds is 2. The van der Waals surface area contributed by atoms with E-state index in [1.807, 2.05) is 0 Å². The lowest BCUT2D eigenvalue weighted by atomic mass is 11.2. The summed E-state index contributed by atoms with van der Waals surface area (Å²) in [6.45, 7) is 0. The Balaban J connectivity index is 4.35. The standard InChI is InChI=1S/C3H3Cl3O2S2/c1-10(7,8)9-3(6)2(4)5/h1H3. The average molecular weight is 242 g/mol. The third-order valence-electron chi connectivity index (χ3n) is 0.373. The highest BCUT2D eigenvalue weighted by molar-refractivity contribution is 8.73. The fourth-order valence-corrected chi connectivity index (χ4v) is 3.08. The van der Waals surface area contributed by atoms with Crippen LogP contribution in [0.2, 0.25) is 0 Å². The van der Waals surface area contributed by atoms with Crippen molar-refractivity contribution in [3.63, 3.8) is 0 Å². The fraction of sp³-hybridized carbons (Fsp3) is 0.333. The van der Waals surface area contributed by atoms with Crippen LogP contribution in [0, 0.1) is 0 Å². The number of hydrogen-bond donors (Lipinski definition) is 0. The van der Waals surface area contributed by atoms with Crippen LogP contribution in [0.15, 0.2) is 8.86 Å². The van der Waals surface area contributed by atoms with E-state index in [1.54, 1.807) is 0 Å². The molecule has 0 atom stereocenters. The largest absolute Gasteiger partial charge is 0.217 e. The van der Waals surface area contributed by atoms with Gasteiger partial charge in [0.1, 0.15) is 8.86 Å². The van der Waals surface area contributed by atoms with Crippen LogP contribution in [-0.2, 0) is 8.87 Å². The van der Waals surface area contributed by atoms with Gasteiger partial charge in [-0.25, -0.2) is 8.42 Å². The first-order valence-corrected chi connectivity index (χ1v) is 6.29. The molecule has 0 bridgehead atoms. The molecule has 0 aliphatic rings. The summed E-state index contributed by atoms with van der Waals surface area (Å²) in [6, 6.07) is 0. The lowest BCUT2D eigenvalue weighted by Crippen LogP contribution is -1.86. The molecule has 0 N–H and O–H groups in total. The van der Waals surface area contributed by atoms with Gasteiger partial charge < -0.3 is 0 Å². The molecule has 2 nitrogen and oxygen atoms in total. The van der Waals surface area contributed by atoms with E-state index in [0.717, 1.165) is 6.26 Å². The van der Waals surface area contributed by atoms with E-state index in [4.69, 9.17) is 34.8 Å². The van der Waals surface area contributed by atoms with Gasteiger partial charge in [0.25, 0.3) is 0 Å². The first-order valence-electron chi connectivity index (χ1n) is 1.93. The Morgan fingerprint density at radius 3 is 1.80 bits per heavy atom. The summed E-state index contributed by atoms with van der Waals surface area (Å²) in [5.74, 6) is 0. The summed E-state index contributed by atoms with van der Waals surface area (Å²) in [5, 5.41) is 0. The highest BCUT2D eigenvalue weighted by Crippen LogP contribution is 2.31. The molecule has 0 rings (SSSR count). The third-order valence-corrected chi connectivity index (χ3v) is 3.93. The molecule has 10 heavy (non-hydrogen) atoms. The summed E-state index contributed by atoms with van der Waals surface area (Å²) in [6.07, 6.45) is 1.01. The maximum absolute atomic E-state index is 10.5. The monoisotopic (exact) mass is 240 g/mol. The highest BCUT2D eigenvalue weighted by atomic mass is 35.5. The van der Waals surface area contributed by atoms with E-state index < -0.39 is 8.87 Å². The van der Waals surface area contributed by atoms with Crippen molar-refractivity contribution >= 4 is 54.5 Å². The van der Waals surface area contributed by atoms with Crippen molar-refractivity contribution in [2.24, 2.45) is 0 Å². The second-order valence-corrected chi connectivity index (χ2v) is 7.17. The molecule has 0 spiro atoms. The van der Waals surface area contributed by atoms with Gasteiger partial charge in [0, 0.05) is 17.0 Å². The molecule has 0 fully saturated rings. The van der Waals surface area contributed by atoms with Crippen LogP contribution in [0.3, 0.4) is 0 Å². The minimum Gasteiger partial charge on any atom is -0.217 e. The molecular formula is C3H3Cl3O2S2. The van der Waals surface area contributed by atoms with Crippen molar-refractivity contribution in [3.05, 3.63) is 8.86 Å². The van der Waals surface area contributed by atoms with E-state index in [9.17, 15) is 8.42 Å². The van der Waals surface area contributed by atoms with Gasteiger partial charge in [0.2, 0.25) is 8.87 Å². The topological polar surface area (TPSA) is 34.1 Å². The quantitative estimate of drug-likeness (QED) is 0.697. The van der Waals surface area contributed by atoms with Gasteiger partial charge in [-0.1, -0.05) is 34.8 Å². The van der Waals surface area contributed by atoms with E-state index in [1.165, 1.54) is 0 Å². The highest BCUT2D eigenvalue weighted by Gasteiger charge is 2.08. The molecule has 0 saturated heterocycles. The smallest absolute Gasteiger partial charge is 0.204 e. The van der Waals surface area contributed by atoms with Gasteiger partial charge in [0.05, 0.1) is 0 Å². The normalized spacial score (nSPS) is 11.2. The second-order valence-electron chi connectivity index (χ2n) is 1.32. The molecule has 0 unspecified atom stereocenters. The van der Waals surface area contributed by atoms with Crippen LogP contribution in [-0.4, -0.2) is 14.7 Å². The minimum absolute atomic E-state index is 0.133. The van der Waals surface area contributed by atoms with Gasteiger partial charge in [-0.05, 0) is 0 Å². The zero-order chi connectivity index (χ0) is 8.36. The lowest BCUT2D eigenvalue weighted by molar-refractivity contribution is 0.616. The van der Waals surface area contributed by atoms with Crippen LogP contribution in [0.5, 0.6) is 0 Å². The van der Waals surface area contributed by atoms with Gasteiger partial charge in [-0.2, -0.15) is 0 Å². The van der Waals surface area contributed by atoms with Crippen molar-refractivity contribution in [2.75, 3.05) is 6.26 Å². The number of halogens is 3. The summed E-state index contributed by atoms with van der Waals surface area (Å²) in [7, 11) is -2.79. The molecule has 0 saturated carbocycles. The van der Waals surface area contributed by atoms with Crippen molar-refractivity contribution in [3.8, 4) is 0 Å². The van der Waals surface area contributed by atoms with E-state index in [-0.39, 0.29) is 8.86 Å². The Bertz CT molecular complexity index is 238. The summed E-state index contributed by atoms with van der Waals surface area (Å²) in [5.41, 5.74) is 0. The van der Waals surface area contributed by atoms with Gasteiger partial charge >= 0.3 is 0 Å². The fourth-order valence-electron chi connectivity index (χ4n) is 0.164. The van der Waals surface area contributed by atoms with Crippen LogP contribution in [0.25, 0.3) is 0 Å². The first-order chi connectivity index (χ1) is 4.33. The zero-order valence-electron chi connectivity index (χ0n) is 4.77. The summed E-state index contributed by atoms with van der Waals surface area (Å²) < 4.78 is 20.6. The second kappa shape index (κ2) is 4.07. The summed E-state index contributed by atoms with van der Waals surface area (Å²) >= 11 is 15.6. The predicted octanol–water partition coefficient (Wildman–Crippen LogP) is 2.52. The minimum atomic E-state index is -3.21. The Morgan fingerprint density at radius 1 is 1.30 bits per heavy atom. The van der Waals surface area contributed by atoms with E-state index in [0.29, 0.717) is 10.8 Å². The third kappa shape index (κ3) is 5.68. The van der Waals surface area contributed by atoms with Crippen LogP contribution in [0.4, 0.5) is 0 Å². The molecule has 0 amide bonds. The average Bonchev–Trinajstić information content (AvgIpc) is 1.60. The Hall–Kier alpha value is 0.910. The molecule has 60 valence electrons. The molecule has 0 aliphatic carbocycles. The SMILES string of the molecule is CS(=O)(=O)SC(Cl)=C(Cl)Cl. The molecule has 0 heterocycles. The molecular weight excluding hydrogens is 239 g/mol. The Labute approximate surface area is 77.8 Å². The van der Waals surface area contributed by atoms with Gasteiger partial charge in [0.15, 0.2) is 0 Å². The molecule has 0 radical (unpaired) electrons. The van der Waals surface area contributed by atoms with Gasteiger partial charge in [-0.15, -0.1) is 0 Å². The first kappa shape index (κ1) is 10.9. The Kier molecular flexibility index (Phi) is 4.44. The van der Waals surface area contributed by atoms with Crippen molar-refractivity contribution in [1.29, 1.82) is 0 Å². The lowest BCUT2D eigenvalue weighted by Gasteiger charge is -1.93. The van der Waals surface area contributed by atoms with E-state index >= 15 is 0 Å². The Morgan fingerprint density at radius 2 is 1.70 bits per heavy atom. The maximum atomic E-state index is 10.5. The van der Waals surface area contributed by atoms with Crippen molar-refractivity contribution in [2.45, 2.75) is 0 Å². The van der Waals surface area contributed by atoms with E-state index in [2.05, 4.69) is 0 Å². The molecule has 0 aromatic heterocycles. The van der Waals surface area contributed by atoms with Crippen LogP contribution in [0.1, 0.15) is 0 Å². The van der Waals surface area contributed by atoms with Crippen LogP contribution >= 0.6 is 45.6 Å². The van der Waals surface area contributed by atoms with Crippen LogP contribution < -0.4 is 0 Å². The predicted molar refractivity (Wildman–Crippen MR) is 47.0 cm³/mol. The molecule has 0 aromatic rings. The number of hydrogen-bond acceptors (Lipinski definition) is 3.